The van der Waals surface area contributed by atoms with Gasteiger partial charge in [-0.05, 0) is 44.2 Å². The number of allylic oxidation sites excluding steroid dienone is 2. The zero-order valence-corrected chi connectivity index (χ0v) is 14.3. The standard InChI is InChI=1S/C17H30OSi/c1-13(2)16-9-8-15(4)17(18,11-16)10-14(3)12-19(5,6)7/h8,16,18H,1,3,9-12H2,2,4-7H3/t16-,17?/m1/s1. The number of aliphatic hydroxyl groups is 1. The number of rotatable bonds is 5. The van der Waals surface area contributed by atoms with Crippen LogP contribution in [-0.2, 0) is 0 Å². The van der Waals surface area contributed by atoms with Crippen LogP contribution >= 0.6 is 0 Å². The quantitative estimate of drug-likeness (QED) is 0.558. The lowest BCUT2D eigenvalue weighted by Gasteiger charge is -2.38. The maximum Gasteiger partial charge on any atom is 0.0896 e. The molecular formula is C17H30OSi. The Hall–Kier alpha value is -0.603. The lowest BCUT2D eigenvalue weighted by Crippen LogP contribution is -2.37. The maximum atomic E-state index is 11.0. The molecule has 0 bridgehead atoms. The molecule has 0 aromatic carbocycles. The van der Waals surface area contributed by atoms with E-state index in [1.165, 1.54) is 11.1 Å². The van der Waals surface area contributed by atoms with E-state index in [4.69, 9.17) is 0 Å². The molecule has 1 aliphatic rings. The minimum atomic E-state index is -1.15. The van der Waals surface area contributed by atoms with Gasteiger partial charge in [0.2, 0.25) is 0 Å². The average Bonchev–Trinajstić information content (AvgIpc) is 2.18. The smallest absolute Gasteiger partial charge is 0.0896 e. The second-order valence-corrected chi connectivity index (χ2v) is 13.0. The van der Waals surface area contributed by atoms with Crippen molar-refractivity contribution in [3.63, 3.8) is 0 Å². The molecule has 0 radical (unpaired) electrons. The molecule has 1 nitrogen and oxygen atoms in total. The Morgan fingerprint density at radius 1 is 1.42 bits per heavy atom. The topological polar surface area (TPSA) is 20.2 Å². The minimum Gasteiger partial charge on any atom is -0.385 e. The van der Waals surface area contributed by atoms with Crippen LogP contribution in [0.25, 0.3) is 0 Å². The summed E-state index contributed by atoms with van der Waals surface area (Å²) in [6.45, 7) is 19.4. The summed E-state index contributed by atoms with van der Waals surface area (Å²) in [6, 6.07) is 1.10. The van der Waals surface area contributed by atoms with E-state index in [-0.39, 0.29) is 0 Å². The van der Waals surface area contributed by atoms with Crippen molar-refractivity contribution in [2.75, 3.05) is 0 Å². The molecule has 0 saturated heterocycles. The molecular weight excluding hydrogens is 248 g/mol. The summed E-state index contributed by atoms with van der Waals surface area (Å²) in [6.07, 6.45) is 4.72. The first-order valence-electron chi connectivity index (χ1n) is 7.25. The fourth-order valence-corrected chi connectivity index (χ4v) is 4.60. The number of hydrogen-bond acceptors (Lipinski definition) is 1. The predicted octanol–water partition coefficient (Wildman–Crippen LogP) is 4.93. The third kappa shape index (κ3) is 4.77. The highest BCUT2D eigenvalue weighted by molar-refractivity contribution is 6.76. The van der Waals surface area contributed by atoms with Gasteiger partial charge in [-0.2, -0.15) is 0 Å². The lowest BCUT2D eigenvalue weighted by atomic mass is 9.73. The van der Waals surface area contributed by atoms with Crippen LogP contribution in [0.15, 0.2) is 36.0 Å². The molecule has 0 amide bonds. The molecule has 0 aromatic heterocycles. The fourth-order valence-electron chi connectivity index (χ4n) is 2.97. The highest BCUT2D eigenvalue weighted by Gasteiger charge is 2.36. The Morgan fingerprint density at radius 2 is 2.00 bits per heavy atom. The van der Waals surface area contributed by atoms with Crippen LogP contribution in [0.4, 0.5) is 0 Å². The molecule has 0 aliphatic heterocycles. The molecule has 2 heteroatoms. The molecule has 1 aliphatic carbocycles. The van der Waals surface area contributed by atoms with Crippen molar-refractivity contribution in [2.24, 2.45) is 5.92 Å². The third-order valence-electron chi connectivity index (χ3n) is 4.05. The first kappa shape index (κ1) is 16.5. The van der Waals surface area contributed by atoms with Gasteiger partial charge in [0.05, 0.1) is 5.60 Å². The summed E-state index contributed by atoms with van der Waals surface area (Å²) in [5.74, 6) is 0.411. The molecule has 0 fully saturated rings. The van der Waals surface area contributed by atoms with Crippen molar-refractivity contribution in [1.82, 2.24) is 0 Å². The highest BCUT2D eigenvalue weighted by atomic mass is 28.3. The Morgan fingerprint density at radius 3 is 2.47 bits per heavy atom. The van der Waals surface area contributed by atoms with Gasteiger partial charge in [0, 0.05) is 14.5 Å². The van der Waals surface area contributed by atoms with Gasteiger partial charge in [-0.25, -0.2) is 0 Å². The van der Waals surface area contributed by atoms with Crippen LogP contribution in [0.2, 0.25) is 25.7 Å². The summed E-state index contributed by atoms with van der Waals surface area (Å²) in [5.41, 5.74) is 2.80. The van der Waals surface area contributed by atoms with Crippen LogP contribution in [0, 0.1) is 5.92 Å². The van der Waals surface area contributed by atoms with E-state index >= 15 is 0 Å². The summed E-state index contributed by atoms with van der Waals surface area (Å²) in [7, 11) is -1.15. The SMILES string of the molecule is C=C(CC1(O)C[C@H](C(=C)C)CC=C1C)C[Si](C)(C)C. The van der Waals surface area contributed by atoms with Gasteiger partial charge in [0.25, 0.3) is 0 Å². The predicted molar refractivity (Wildman–Crippen MR) is 88.2 cm³/mol. The zero-order valence-electron chi connectivity index (χ0n) is 13.3. The van der Waals surface area contributed by atoms with Gasteiger partial charge in [0.15, 0.2) is 0 Å². The summed E-state index contributed by atoms with van der Waals surface area (Å²) >= 11 is 0. The molecule has 0 heterocycles. The van der Waals surface area contributed by atoms with Crippen LogP contribution in [-0.4, -0.2) is 18.8 Å². The third-order valence-corrected chi connectivity index (χ3v) is 5.61. The summed E-state index contributed by atoms with van der Waals surface area (Å²) in [4.78, 5) is 0. The van der Waals surface area contributed by atoms with E-state index < -0.39 is 13.7 Å². The highest BCUT2D eigenvalue weighted by Crippen LogP contribution is 2.40. The Labute approximate surface area is 120 Å². The van der Waals surface area contributed by atoms with Crippen molar-refractivity contribution in [3.8, 4) is 0 Å². The van der Waals surface area contributed by atoms with Crippen molar-refractivity contribution in [3.05, 3.63) is 36.0 Å². The van der Waals surface area contributed by atoms with E-state index in [1.807, 2.05) is 0 Å². The van der Waals surface area contributed by atoms with Crippen molar-refractivity contribution < 1.29 is 5.11 Å². The van der Waals surface area contributed by atoms with Gasteiger partial charge < -0.3 is 5.11 Å². The fraction of sp³-hybridized carbons (Fsp3) is 0.647. The van der Waals surface area contributed by atoms with Gasteiger partial charge in [-0.1, -0.05) is 43.4 Å². The van der Waals surface area contributed by atoms with E-state index in [0.717, 1.165) is 24.5 Å². The average molecular weight is 279 g/mol. The first-order valence-corrected chi connectivity index (χ1v) is 11.0. The van der Waals surface area contributed by atoms with Crippen molar-refractivity contribution in [2.45, 2.75) is 64.4 Å². The van der Waals surface area contributed by atoms with Gasteiger partial charge in [0.1, 0.15) is 0 Å². The summed E-state index contributed by atoms with van der Waals surface area (Å²) in [5, 5.41) is 11.0. The Kier molecular flexibility index (Phi) is 5.02. The Bertz CT molecular complexity index is 400. The molecule has 1 N–H and O–H groups in total. The molecule has 0 aromatic rings. The molecule has 1 unspecified atom stereocenters. The molecule has 0 spiro atoms. The number of hydrogen-bond donors (Lipinski definition) is 1. The molecule has 2 atom stereocenters. The largest absolute Gasteiger partial charge is 0.385 e. The first-order chi connectivity index (χ1) is 8.53. The van der Waals surface area contributed by atoms with Crippen molar-refractivity contribution in [1.29, 1.82) is 0 Å². The Balaban J connectivity index is 2.79. The molecule has 1 rings (SSSR count). The van der Waals surface area contributed by atoms with Crippen LogP contribution in [0.5, 0.6) is 0 Å². The monoisotopic (exact) mass is 278 g/mol. The maximum absolute atomic E-state index is 11.0. The van der Waals surface area contributed by atoms with E-state index in [0.29, 0.717) is 12.3 Å². The molecule has 108 valence electrons. The van der Waals surface area contributed by atoms with Gasteiger partial charge in [-0.15, -0.1) is 6.58 Å². The second kappa shape index (κ2) is 5.80. The molecule has 0 saturated carbocycles. The zero-order chi connectivity index (χ0) is 14.8. The van der Waals surface area contributed by atoms with E-state index in [2.05, 4.69) is 52.7 Å². The van der Waals surface area contributed by atoms with Crippen LogP contribution < -0.4 is 0 Å². The van der Waals surface area contributed by atoms with Gasteiger partial charge in [-0.3, -0.25) is 0 Å². The second-order valence-electron chi connectivity index (χ2n) is 7.57. The molecule has 19 heavy (non-hydrogen) atoms. The van der Waals surface area contributed by atoms with Crippen LogP contribution in [0.3, 0.4) is 0 Å². The summed E-state index contributed by atoms with van der Waals surface area (Å²) < 4.78 is 0. The lowest BCUT2D eigenvalue weighted by molar-refractivity contribution is 0.0498. The van der Waals surface area contributed by atoms with E-state index in [1.54, 1.807) is 0 Å². The van der Waals surface area contributed by atoms with Crippen LogP contribution in [0.1, 0.15) is 33.1 Å². The van der Waals surface area contributed by atoms with E-state index in [9.17, 15) is 5.11 Å². The van der Waals surface area contributed by atoms with Crippen molar-refractivity contribution >= 4 is 8.07 Å². The van der Waals surface area contributed by atoms with Gasteiger partial charge >= 0.3 is 0 Å². The normalized spacial score (nSPS) is 27.9. The minimum absolute atomic E-state index is 0.411.